The number of quaternary nitrogens is 1. The van der Waals surface area contributed by atoms with Crippen LogP contribution in [0.1, 0.15) is 10.4 Å². The van der Waals surface area contributed by atoms with Gasteiger partial charge in [-0.3, -0.25) is 4.48 Å². The number of carbonyl (C=O) groups excluding carboxylic acids is 1. The van der Waals surface area contributed by atoms with Gasteiger partial charge in [0.2, 0.25) is 0 Å². The van der Waals surface area contributed by atoms with Crippen LogP contribution in [0.15, 0.2) is 36.4 Å². The van der Waals surface area contributed by atoms with E-state index in [9.17, 15) is 18.0 Å². The minimum atomic E-state index is -6.09. The molecule has 0 radical (unpaired) electrons. The van der Waals surface area contributed by atoms with Crippen molar-refractivity contribution in [3.05, 3.63) is 42.0 Å². The lowest BCUT2D eigenvalue weighted by Crippen LogP contribution is -2.35. The van der Waals surface area contributed by atoms with Crippen molar-refractivity contribution in [2.24, 2.45) is 0 Å². The summed E-state index contributed by atoms with van der Waals surface area (Å²) in [6.45, 7) is 0. The summed E-state index contributed by atoms with van der Waals surface area (Å²) >= 11 is 0. The predicted octanol–water partition coefficient (Wildman–Crippen LogP) is 2.87. The van der Waals surface area contributed by atoms with Crippen LogP contribution in [0.4, 0.5) is 18.9 Å². The first-order valence-corrected chi connectivity index (χ1v) is 8.55. The lowest BCUT2D eigenvalue weighted by Gasteiger charge is -2.25. The van der Waals surface area contributed by atoms with Crippen LogP contribution in [0.3, 0.4) is 0 Å². The van der Waals surface area contributed by atoms with Gasteiger partial charge >= 0.3 is 11.5 Å². The molecular formula is C16H18F3NO5S. The van der Waals surface area contributed by atoms with Gasteiger partial charge in [0.1, 0.15) is 5.69 Å². The third-order valence-electron chi connectivity index (χ3n) is 3.31. The molecule has 2 rings (SSSR count). The number of fused-ring (bicyclic) bond motifs is 1. The maximum absolute atomic E-state index is 11.8. The van der Waals surface area contributed by atoms with Gasteiger partial charge in [0.05, 0.1) is 33.8 Å². The van der Waals surface area contributed by atoms with Gasteiger partial charge in [-0.15, -0.1) is 0 Å². The van der Waals surface area contributed by atoms with E-state index in [0.29, 0.717) is 10.0 Å². The zero-order chi connectivity index (χ0) is 20.3. The summed E-state index contributed by atoms with van der Waals surface area (Å²) in [6, 6.07) is 11.8. The standard InChI is InChI=1S/C15H18NO2.CHF3O3S/c1-16(2,3)14-10-9-13(15(17)18-4)11-7-5-6-8-12(11)14;2-1(3,4)8(5,6)7/h5-10H,1-4H3;(H,5,6,7)/q+1;/p-1. The van der Waals surface area contributed by atoms with Crippen molar-refractivity contribution in [3.63, 3.8) is 0 Å². The van der Waals surface area contributed by atoms with Crippen molar-refractivity contribution >= 4 is 32.5 Å². The number of methoxy groups -OCH3 is 1. The summed E-state index contributed by atoms with van der Waals surface area (Å²) in [7, 11) is 1.65. The fraction of sp³-hybridized carbons (Fsp3) is 0.312. The average molecular weight is 393 g/mol. The number of benzene rings is 2. The highest BCUT2D eigenvalue weighted by atomic mass is 32.2. The predicted molar refractivity (Wildman–Crippen MR) is 90.6 cm³/mol. The first-order valence-electron chi connectivity index (χ1n) is 7.14. The summed E-state index contributed by atoms with van der Waals surface area (Å²) in [5.74, 6) is -0.292. The van der Waals surface area contributed by atoms with Crippen LogP contribution in [0.5, 0.6) is 0 Å². The molecule has 0 heterocycles. The van der Waals surface area contributed by atoms with Crippen molar-refractivity contribution in [1.29, 1.82) is 0 Å². The number of hydrogen-bond acceptors (Lipinski definition) is 5. The van der Waals surface area contributed by atoms with Crippen molar-refractivity contribution in [2.45, 2.75) is 5.51 Å². The number of alkyl halides is 3. The maximum Gasteiger partial charge on any atom is 0.485 e. The molecule has 10 heteroatoms. The Morgan fingerprint density at radius 1 is 1.04 bits per heavy atom. The van der Waals surface area contributed by atoms with Gasteiger partial charge in [-0.25, -0.2) is 13.2 Å². The van der Waals surface area contributed by atoms with Gasteiger partial charge in [0, 0.05) is 16.8 Å². The maximum atomic E-state index is 11.8. The van der Waals surface area contributed by atoms with Crippen LogP contribution in [-0.2, 0) is 14.9 Å². The average Bonchev–Trinajstić information content (AvgIpc) is 2.50. The van der Waals surface area contributed by atoms with Crippen LogP contribution in [0.25, 0.3) is 10.8 Å². The van der Waals surface area contributed by atoms with E-state index >= 15 is 0 Å². The molecule has 0 saturated heterocycles. The Labute approximate surface area is 149 Å². The van der Waals surface area contributed by atoms with Crippen LogP contribution >= 0.6 is 0 Å². The van der Waals surface area contributed by atoms with Crippen LogP contribution < -0.4 is 4.48 Å². The summed E-state index contributed by atoms with van der Waals surface area (Å²) in [5, 5.41) is 2.03. The van der Waals surface area contributed by atoms with E-state index in [2.05, 4.69) is 21.1 Å². The molecule has 26 heavy (non-hydrogen) atoms. The second kappa shape index (κ2) is 7.60. The highest BCUT2D eigenvalue weighted by Gasteiger charge is 2.36. The highest BCUT2D eigenvalue weighted by Crippen LogP contribution is 2.31. The van der Waals surface area contributed by atoms with E-state index in [-0.39, 0.29) is 5.97 Å². The SMILES string of the molecule is COC(=O)c1ccc([N+](C)(C)C)c2ccccc12.O=S(=O)([O-])C(F)(F)F. The lowest BCUT2D eigenvalue weighted by molar-refractivity contribution is -0.0517. The fourth-order valence-corrected chi connectivity index (χ4v) is 2.16. The smallest absolute Gasteiger partial charge is 0.485 e. The zero-order valence-electron chi connectivity index (χ0n) is 14.5. The molecule has 0 saturated carbocycles. The molecule has 0 aliphatic carbocycles. The fourth-order valence-electron chi connectivity index (χ4n) is 2.16. The number of nitrogens with zero attached hydrogens (tertiary/aromatic N) is 1. The second-order valence-electron chi connectivity index (χ2n) is 6.08. The first kappa shape index (κ1) is 21.9. The van der Waals surface area contributed by atoms with Gasteiger partial charge in [0.15, 0.2) is 10.1 Å². The van der Waals surface area contributed by atoms with E-state index < -0.39 is 15.6 Å². The third kappa shape index (κ3) is 5.16. The van der Waals surface area contributed by atoms with Crippen LogP contribution in [0, 0.1) is 0 Å². The van der Waals surface area contributed by atoms with Crippen molar-refractivity contribution < 1.29 is 35.7 Å². The van der Waals surface area contributed by atoms with E-state index in [1.807, 2.05) is 36.4 Å². The van der Waals surface area contributed by atoms with Gasteiger partial charge < -0.3 is 9.29 Å². The molecule has 0 aliphatic heterocycles. The van der Waals surface area contributed by atoms with E-state index in [1.165, 1.54) is 12.8 Å². The highest BCUT2D eigenvalue weighted by molar-refractivity contribution is 7.86. The van der Waals surface area contributed by atoms with Crippen molar-refractivity contribution in [3.8, 4) is 0 Å². The minimum Gasteiger partial charge on any atom is -0.741 e. The molecule has 0 spiro atoms. The molecule has 0 fully saturated rings. The summed E-state index contributed by atoms with van der Waals surface area (Å²) in [4.78, 5) is 11.8. The molecule has 0 atom stereocenters. The van der Waals surface area contributed by atoms with Crippen LogP contribution in [-0.4, -0.2) is 52.7 Å². The second-order valence-corrected chi connectivity index (χ2v) is 7.45. The van der Waals surface area contributed by atoms with E-state index in [0.717, 1.165) is 10.8 Å². The van der Waals surface area contributed by atoms with E-state index in [4.69, 9.17) is 17.7 Å². The molecule has 0 bridgehead atoms. The Balaban J connectivity index is 0.000000359. The number of ether oxygens (including phenoxy) is 1. The normalized spacial score (nSPS) is 12.3. The number of halogens is 3. The Hall–Kier alpha value is -2.17. The summed E-state index contributed by atoms with van der Waals surface area (Å²) < 4.78 is 64.4. The summed E-state index contributed by atoms with van der Waals surface area (Å²) in [6.07, 6.45) is 0. The molecule has 2 aromatic carbocycles. The van der Waals surface area contributed by atoms with E-state index in [1.54, 1.807) is 0 Å². The lowest BCUT2D eigenvalue weighted by atomic mass is 10.0. The molecule has 0 aromatic heterocycles. The van der Waals surface area contributed by atoms with Gasteiger partial charge in [-0.2, -0.15) is 13.2 Å². The number of hydrogen-bond donors (Lipinski definition) is 0. The zero-order valence-corrected chi connectivity index (χ0v) is 15.3. The van der Waals surface area contributed by atoms with Crippen molar-refractivity contribution in [1.82, 2.24) is 4.48 Å². The Bertz CT molecular complexity index is 902. The number of carbonyl (C=O) groups is 1. The van der Waals surface area contributed by atoms with Gasteiger partial charge in [0.25, 0.3) is 0 Å². The summed E-state index contributed by atoms with van der Waals surface area (Å²) in [5.41, 5.74) is -3.85. The van der Waals surface area contributed by atoms with Crippen molar-refractivity contribution in [2.75, 3.05) is 28.3 Å². The quantitative estimate of drug-likeness (QED) is 0.339. The first-order chi connectivity index (χ1) is 11.7. The van der Waals surface area contributed by atoms with Crippen LogP contribution in [0.2, 0.25) is 0 Å². The third-order valence-corrected chi connectivity index (χ3v) is 3.88. The topological polar surface area (TPSA) is 83.5 Å². The number of rotatable bonds is 2. The Kier molecular flexibility index (Phi) is 6.40. The minimum absolute atomic E-state index is 0.292. The molecule has 6 nitrogen and oxygen atoms in total. The van der Waals surface area contributed by atoms with Gasteiger partial charge in [-0.1, -0.05) is 18.2 Å². The Morgan fingerprint density at radius 2 is 1.50 bits per heavy atom. The molecule has 0 unspecified atom stereocenters. The monoisotopic (exact) mass is 393 g/mol. The molecule has 0 aliphatic rings. The molecule has 144 valence electrons. The Morgan fingerprint density at radius 3 is 1.88 bits per heavy atom. The number of esters is 1. The molecule has 0 amide bonds. The molecule has 0 N–H and O–H groups in total. The van der Waals surface area contributed by atoms with Gasteiger partial charge in [-0.05, 0) is 12.1 Å². The largest absolute Gasteiger partial charge is 0.741 e. The molecular weight excluding hydrogens is 375 g/mol. The molecule has 2 aromatic rings.